The quantitative estimate of drug-likeness (QED) is 0.783. The van der Waals surface area contributed by atoms with Crippen LogP contribution in [0.25, 0.3) is 0 Å². The van der Waals surface area contributed by atoms with Gasteiger partial charge in [-0.15, -0.1) is 0 Å². The Bertz CT molecular complexity index is 420. The minimum absolute atomic E-state index is 0.0600. The highest BCUT2D eigenvalue weighted by atomic mass is 35.5. The summed E-state index contributed by atoms with van der Waals surface area (Å²) in [5, 5.41) is 6.06. The normalized spacial score (nSPS) is 14.5. The van der Waals surface area contributed by atoms with Gasteiger partial charge < -0.3 is 10.6 Å². The Morgan fingerprint density at radius 1 is 1.53 bits per heavy atom. The number of aromatic nitrogens is 2. The number of hydrogen-bond acceptors (Lipinski definition) is 4. The summed E-state index contributed by atoms with van der Waals surface area (Å²) < 4.78 is 0. The van der Waals surface area contributed by atoms with E-state index in [-0.39, 0.29) is 12.5 Å². The third kappa shape index (κ3) is 3.56. The van der Waals surface area contributed by atoms with Crippen LogP contribution in [0.3, 0.4) is 0 Å². The zero-order valence-corrected chi connectivity index (χ0v) is 10.4. The molecule has 0 spiro atoms. The summed E-state index contributed by atoms with van der Waals surface area (Å²) in [4.78, 5) is 19.8. The number of hydrogen-bond donors (Lipinski definition) is 2. The second kappa shape index (κ2) is 5.31. The molecule has 0 aromatic carbocycles. The largest absolute Gasteiger partial charge is 0.361 e. The van der Waals surface area contributed by atoms with E-state index in [1.807, 2.05) is 6.92 Å². The molecule has 0 saturated heterocycles. The topological polar surface area (TPSA) is 66.9 Å². The molecule has 92 valence electrons. The van der Waals surface area contributed by atoms with Gasteiger partial charge in [-0.3, -0.25) is 4.79 Å². The molecular formula is C11H15ClN4O. The van der Waals surface area contributed by atoms with Crippen LogP contribution in [0.15, 0.2) is 6.07 Å². The monoisotopic (exact) mass is 254 g/mol. The van der Waals surface area contributed by atoms with Gasteiger partial charge in [-0.25, -0.2) is 9.97 Å². The number of nitrogens with one attached hydrogen (secondary N) is 2. The molecule has 2 rings (SSSR count). The average molecular weight is 255 g/mol. The van der Waals surface area contributed by atoms with Crippen LogP contribution >= 0.6 is 11.6 Å². The highest BCUT2D eigenvalue weighted by molar-refractivity contribution is 6.29. The molecule has 0 radical (unpaired) electrons. The van der Waals surface area contributed by atoms with Crippen molar-refractivity contribution < 1.29 is 4.79 Å². The highest BCUT2D eigenvalue weighted by Crippen LogP contribution is 2.38. The summed E-state index contributed by atoms with van der Waals surface area (Å²) in [6.07, 6.45) is 2.24. The van der Waals surface area contributed by atoms with Crippen molar-refractivity contribution in [2.45, 2.75) is 25.7 Å². The Balaban J connectivity index is 1.97. The van der Waals surface area contributed by atoms with E-state index in [4.69, 9.17) is 11.6 Å². The van der Waals surface area contributed by atoms with Gasteiger partial charge in [0.05, 0.1) is 6.54 Å². The van der Waals surface area contributed by atoms with Gasteiger partial charge in [-0.1, -0.05) is 11.6 Å². The van der Waals surface area contributed by atoms with Crippen LogP contribution in [0.2, 0.25) is 5.15 Å². The molecule has 1 aromatic heterocycles. The predicted octanol–water partition coefficient (Wildman–Crippen LogP) is 1.56. The van der Waals surface area contributed by atoms with Gasteiger partial charge in [0.2, 0.25) is 5.91 Å². The van der Waals surface area contributed by atoms with Crippen LogP contribution in [-0.2, 0) is 4.79 Å². The standard InChI is InChI=1S/C11H15ClN4O/c1-2-13-10(17)6-14-9-5-8(12)15-11(16-9)7-3-4-7/h5,7H,2-4,6H2,1H3,(H,13,17)(H,14,15,16). The van der Waals surface area contributed by atoms with Crippen molar-refractivity contribution in [2.24, 2.45) is 0 Å². The summed E-state index contributed by atoms with van der Waals surface area (Å²) in [5.74, 6) is 1.77. The number of anilines is 1. The third-order valence-corrected chi connectivity index (χ3v) is 2.65. The van der Waals surface area contributed by atoms with Crippen LogP contribution in [0.5, 0.6) is 0 Å². The fourth-order valence-electron chi connectivity index (χ4n) is 1.48. The average Bonchev–Trinajstić information content (AvgIpc) is 3.10. The molecular weight excluding hydrogens is 240 g/mol. The molecule has 0 atom stereocenters. The number of rotatable bonds is 5. The first-order chi connectivity index (χ1) is 8.19. The maximum atomic E-state index is 11.3. The van der Waals surface area contributed by atoms with E-state index in [9.17, 15) is 4.79 Å². The van der Waals surface area contributed by atoms with E-state index in [0.717, 1.165) is 18.7 Å². The molecule has 1 heterocycles. The van der Waals surface area contributed by atoms with Crippen molar-refractivity contribution in [3.63, 3.8) is 0 Å². The van der Waals surface area contributed by atoms with Crippen molar-refractivity contribution >= 4 is 23.3 Å². The van der Waals surface area contributed by atoms with E-state index in [2.05, 4.69) is 20.6 Å². The van der Waals surface area contributed by atoms with E-state index in [0.29, 0.717) is 23.4 Å². The molecule has 1 amide bonds. The van der Waals surface area contributed by atoms with Crippen molar-refractivity contribution in [1.82, 2.24) is 15.3 Å². The van der Waals surface area contributed by atoms with Crippen LogP contribution in [0.1, 0.15) is 31.5 Å². The molecule has 5 nitrogen and oxygen atoms in total. The SMILES string of the molecule is CCNC(=O)CNc1cc(Cl)nc(C2CC2)n1. The number of carbonyl (C=O) groups excluding carboxylic acids is 1. The summed E-state index contributed by atoms with van der Waals surface area (Å²) >= 11 is 5.91. The van der Waals surface area contributed by atoms with E-state index in [1.165, 1.54) is 0 Å². The van der Waals surface area contributed by atoms with Gasteiger partial charge in [0, 0.05) is 18.5 Å². The number of amides is 1. The van der Waals surface area contributed by atoms with Crippen molar-refractivity contribution in [3.05, 3.63) is 17.0 Å². The van der Waals surface area contributed by atoms with Gasteiger partial charge >= 0.3 is 0 Å². The summed E-state index contributed by atoms with van der Waals surface area (Å²) in [6.45, 7) is 2.70. The fraction of sp³-hybridized carbons (Fsp3) is 0.545. The second-order valence-corrected chi connectivity index (χ2v) is 4.40. The Kier molecular flexibility index (Phi) is 3.78. The smallest absolute Gasteiger partial charge is 0.239 e. The molecule has 17 heavy (non-hydrogen) atoms. The zero-order chi connectivity index (χ0) is 12.3. The van der Waals surface area contributed by atoms with Crippen molar-refractivity contribution in [1.29, 1.82) is 0 Å². The highest BCUT2D eigenvalue weighted by Gasteiger charge is 2.27. The van der Waals surface area contributed by atoms with Gasteiger partial charge in [0.25, 0.3) is 0 Å². The lowest BCUT2D eigenvalue weighted by atomic mass is 10.4. The minimum atomic E-state index is -0.0600. The molecule has 0 unspecified atom stereocenters. The lowest BCUT2D eigenvalue weighted by Gasteiger charge is -2.07. The fourth-order valence-corrected chi connectivity index (χ4v) is 1.67. The van der Waals surface area contributed by atoms with Crippen LogP contribution in [0.4, 0.5) is 5.82 Å². The lowest BCUT2D eigenvalue weighted by Crippen LogP contribution is -2.29. The number of nitrogens with zero attached hydrogens (tertiary/aromatic N) is 2. The summed E-state index contributed by atoms with van der Waals surface area (Å²) in [6, 6.07) is 1.63. The van der Waals surface area contributed by atoms with E-state index < -0.39 is 0 Å². The Labute approximate surface area is 105 Å². The predicted molar refractivity (Wildman–Crippen MR) is 66.2 cm³/mol. The molecule has 1 aliphatic rings. The van der Waals surface area contributed by atoms with Crippen molar-refractivity contribution in [2.75, 3.05) is 18.4 Å². The number of likely N-dealkylation sites (N-methyl/N-ethyl adjacent to an activating group) is 1. The molecule has 0 bridgehead atoms. The second-order valence-electron chi connectivity index (χ2n) is 4.02. The summed E-state index contributed by atoms with van der Waals surface area (Å²) in [7, 11) is 0. The molecule has 2 N–H and O–H groups in total. The third-order valence-electron chi connectivity index (χ3n) is 2.46. The number of halogens is 1. The van der Waals surface area contributed by atoms with Crippen molar-refractivity contribution in [3.8, 4) is 0 Å². The Morgan fingerprint density at radius 2 is 2.29 bits per heavy atom. The van der Waals surface area contributed by atoms with Crippen LogP contribution in [0, 0.1) is 0 Å². The maximum absolute atomic E-state index is 11.3. The van der Waals surface area contributed by atoms with Gasteiger partial charge in [0.1, 0.15) is 16.8 Å². The first-order valence-electron chi connectivity index (χ1n) is 5.74. The first kappa shape index (κ1) is 12.1. The lowest BCUT2D eigenvalue weighted by molar-refractivity contribution is -0.119. The number of carbonyl (C=O) groups is 1. The Hall–Kier alpha value is -1.36. The first-order valence-corrected chi connectivity index (χ1v) is 6.12. The summed E-state index contributed by atoms with van der Waals surface area (Å²) in [5.41, 5.74) is 0. The van der Waals surface area contributed by atoms with Crippen LogP contribution in [-0.4, -0.2) is 29.0 Å². The van der Waals surface area contributed by atoms with Gasteiger partial charge in [0.15, 0.2) is 0 Å². The van der Waals surface area contributed by atoms with Crippen LogP contribution < -0.4 is 10.6 Å². The minimum Gasteiger partial charge on any atom is -0.361 e. The molecule has 6 heteroatoms. The van der Waals surface area contributed by atoms with Gasteiger partial charge in [-0.2, -0.15) is 0 Å². The maximum Gasteiger partial charge on any atom is 0.239 e. The van der Waals surface area contributed by atoms with E-state index >= 15 is 0 Å². The van der Waals surface area contributed by atoms with E-state index in [1.54, 1.807) is 6.07 Å². The molecule has 1 aliphatic carbocycles. The zero-order valence-electron chi connectivity index (χ0n) is 9.66. The molecule has 1 saturated carbocycles. The van der Waals surface area contributed by atoms with Gasteiger partial charge in [-0.05, 0) is 19.8 Å². The molecule has 1 fully saturated rings. The molecule has 1 aromatic rings. The Morgan fingerprint density at radius 3 is 2.94 bits per heavy atom. The molecule has 0 aliphatic heterocycles.